The van der Waals surface area contributed by atoms with Crippen molar-refractivity contribution in [2.45, 2.75) is 38.3 Å². The predicted molar refractivity (Wildman–Crippen MR) is 147 cm³/mol. The average molecular weight is 550 g/mol. The number of nitrogen functional groups attached to an aromatic ring is 1. The van der Waals surface area contributed by atoms with E-state index in [-0.39, 0.29) is 24.1 Å². The summed E-state index contributed by atoms with van der Waals surface area (Å²) in [6.07, 6.45) is 1.61. The molecule has 2 aliphatic heterocycles. The molecule has 2 atom stereocenters. The smallest absolute Gasteiger partial charge is 0.282 e. The molecule has 3 aromatic rings. The summed E-state index contributed by atoms with van der Waals surface area (Å²) in [7, 11) is -3.78. The zero-order chi connectivity index (χ0) is 27.7. The molecule has 0 spiro atoms. The molecule has 3 heterocycles. The Bertz CT molecular complexity index is 1500. The number of hydrogen-bond acceptors (Lipinski definition) is 7. The number of aromatic nitrogens is 2. The Balaban J connectivity index is 1.45. The van der Waals surface area contributed by atoms with E-state index in [0.29, 0.717) is 42.3 Å². The lowest BCUT2D eigenvalue weighted by Crippen LogP contribution is -2.44. The number of ketones is 1. The summed E-state index contributed by atoms with van der Waals surface area (Å²) in [6, 6.07) is 16.8. The van der Waals surface area contributed by atoms with E-state index >= 15 is 0 Å². The van der Waals surface area contributed by atoms with Crippen LogP contribution in [0.2, 0.25) is 0 Å². The van der Waals surface area contributed by atoms with Crippen molar-refractivity contribution in [2.24, 2.45) is 5.73 Å². The van der Waals surface area contributed by atoms with Crippen molar-refractivity contribution in [2.75, 3.05) is 25.0 Å². The van der Waals surface area contributed by atoms with E-state index in [1.807, 2.05) is 18.2 Å². The van der Waals surface area contributed by atoms with Crippen LogP contribution in [0.1, 0.15) is 52.9 Å². The number of carbonyl (C=O) groups excluding carboxylic acids is 2. The number of rotatable bonds is 8. The van der Waals surface area contributed by atoms with Crippen LogP contribution < -0.4 is 11.1 Å². The van der Waals surface area contributed by atoms with Gasteiger partial charge in [-0.1, -0.05) is 42.5 Å². The van der Waals surface area contributed by atoms with Crippen LogP contribution >= 0.6 is 0 Å². The highest BCUT2D eigenvalue weighted by Gasteiger charge is 2.48. The minimum Gasteiger partial charge on any atom is -0.384 e. The molecule has 2 fully saturated rings. The van der Waals surface area contributed by atoms with Crippen molar-refractivity contribution >= 4 is 33.6 Å². The van der Waals surface area contributed by atoms with Crippen molar-refractivity contribution in [3.63, 3.8) is 0 Å². The highest BCUT2D eigenvalue weighted by Crippen LogP contribution is 2.35. The standard InChI is InChI=1S/C27H31N7O4S/c1-18-25(23(35)17-33(18)39(37,38)32-13-5-6-14-32)22-15-24(30-16-19-9-11-20(12-10-19)26(28)29)34(31-22)27(36)21-7-3-2-4-8-21/h2-4,7-12,15,18,25,30H,5-6,13-14,16-17H2,1H3,(H3,28,29). The van der Waals surface area contributed by atoms with E-state index in [1.54, 1.807) is 49.4 Å². The predicted octanol–water partition coefficient (Wildman–Crippen LogP) is 2.17. The second-order valence-electron chi connectivity index (χ2n) is 9.85. The maximum Gasteiger partial charge on any atom is 0.282 e. The summed E-state index contributed by atoms with van der Waals surface area (Å²) in [4.78, 5) is 26.6. The lowest BCUT2D eigenvalue weighted by Gasteiger charge is -2.27. The average Bonchev–Trinajstić information content (AvgIpc) is 3.68. The molecule has 0 radical (unpaired) electrons. The Hall–Kier alpha value is -3.87. The number of carbonyl (C=O) groups is 2. The third-order valence-electron chi connectivity index (χ3n) is 7.28. The van der Waals surface area contributed by atoms with Crippen LogP contribution in [0.15, 0.2) is 60.7 Å². The number of nitrogens with zero attached hydrogens (tertiary/aromatic N) is 4. The summed E-state index contributed by atoms with van der Waals surface area (Å²) in [5.41, 5.74) is 7.79. The third kappa shape index (κ3) is 5.22. The number of hydrogen-bond donors (Lipinski definition) is 3. The van der Waals surface area contributed by atoms with Crippen molar-refractivity contribution < 1.29 is 18.0 Å². The summed E-state index contributed by atoms with van der Waals surface area (Å²) in [6.45, 7) is 2.73. The van der Waals surface area contributed by atoms with Crippen molar-refractivity contribution in [3.05, 3.63) is 83.0 Å². The van der Waals surface area contributed by atoms with Gasteiger partial charge in [0.1, 0.15) is 11.7 Å². The molecule has 0 saturated carbocycles. The Morgan fingerprint density at radius 1 is 1.08 bits per heavy atom. The lowest BCUT2D eigenvalue weighted by atomic mass is 9.97. The number of anilines is 1. The molecule has 2 aliphatic rings. The molecule has 0 aliphatic carbocycles. The number of nitrogens with one attached hydrogen (secondary N) is 2. The van der Waals surface area contributed by atoms with Crippen LogP contribution in [0.4, 0.5) is 5.82 Å². The molecule has 204 valence electrons. The molecule has 11 nitrogen and oxygen atoms in total. The van der Waals surface area contributed by atoms with Gasteiger partial charge < -0.3 is 11.1 Å². The fourth-order valence-electron chi connectivity index (χ4n) is 5.13. The van der Waals surface area contributed by atoms with E-state index in [0.717, 1.165) is 18.4 Å². The molecular weight excluding hydrogens is 518 g/mol. The van der Waals surface area contributed by atoms with E-state index in [9.17, 15) is 18.0 Å². The van der Waals surface area contributed by atoms with Gasteiger partial charge in [0.2, 0.25) is 0 Å². The molecule has 12 heteroatoms. The second-order valence-corrected chi connectivity index (χ2v) is 11.7. The van der Waals surface area contributed by atoms with Gasteiger partial charge in [-0.15, -0.1) is 0 Å². The monoisotopic (exact) mass is 549 g/mol. The summed E-state index contributed by atoms with van der Waals surface area (Å²) in [5.74, 6) is -1.08. The summed E-state index contributed by atoms with van der Waals surface area (Å²) < 4.78 is 30.4. The molecule has 2 aromatic carbocycles. The zero-order valence-electron chi connectivity index (χ0n) is 21.6. The number of Topliss-reactive ketones (excluding diaryl/α,β-unsaturated/α-hetero) is 1. The summed E-state index contributed by atoms with van der Waals surface area (Å²) >= 11 is 0. The molecule has 4 N–H and O–H groups in total. The Morgan fingerprint density at radius 3 is 2.38 bits per heavy atom. The third-order valence-corrected chi connectivity index (χ3v) is 9.35. The van der Waals surface area contributed by atoms with Crippen LogP contribution in [0.5, 0.6) is 0 Å². The second kappa shape index (κ2) is 10.7. The van der Waals surface area contributed by atoms with Gasteiger partial charge in [0.25, 0.3) is 16.1 Å². The Morgan fingerprint density at radius 2 is 1.74 bits per heavy atom. The van der Waals surface area contributed by atoms with Crippen LogP contribution in [-0.4, -0.2) is 70.0 Å². The van der Waals surface area contributed by atoms with Crippen LogP contribution in [0.25, 0.3) is 0 Å². The van der Waals surface area contributed by atoms with Crippen molar-refractivity contribution in [1.82, 2.24) is 18.4 Å². The first-order valence-electron chi connectivity index (χ1n) is 12.8. The molecule has 1 aromatic heterocycles. The van der Waals surface area contributed by atoms with E-state index in [4.69, 9.17) is 11.1 Å². The van der Waals surface area contributed by atoms with Gasteiger partial charge in [-0.2, -0.15) is 26.8 Å². The Kier molecular flexibility index (Phi) is 7.34. The SMILES string of the molecule is CC1C(c2cc(NCc3ccc(C(=N)N)cc3)n(C(=O)c3ccccc3)n2)C(=O)CN1S(=O)(=O)N1CCCC1. The van der Waals surface area contributed by atoms with Gasteiger partial charge in [-0.25, -0.2) is 0 Å². The number of benzene rings is 2. The lowest BCUT2D eigenvalue weighted by molar-refractivity contribution is -0.118. The van der Waals surface area contributed by atoms with E-state index in [2.05, 4.69) is 10.4 Å². The van der Waals surface area contributed by atoms with E-state index < -0.39 is 22.2 Å². The van der Waals surface area contributed by atoms with Gasteiger partial charge in [0.15, 0.2) is 5.78 Å². The summed E-state index contributed by atoms with van der Waals surface area (Å²) in [5, 5.41) is 15.3. The normalized spacial score (nSPS) is 20.4. The van der Waals surface area contributed by atoms with Crippen LogP contribution in [-0.2, 0) is 21.5 Å². The minimum atomic E-state index is -3.78. The molecule has 39 heavy (non-hydrogen) atoms. The van der Waals surface area contributed by atoms with Gasteiger partial charge in [-0.05, 0) is 37.5 Å². The fraction of sp³-hybridized carbons (Fsp3) is 0.333. The van der Waals surface area contributed by atoms with Gasteiger partial charge in [0, 0.05) is 42.9 Å². The van der Waals surface area contributed by atoms with Crippen molar-refractivity contribution in [1.29, 1.82) is 5.41 Å². The zero-order valence-corrected chi connectivity index (χ0v) is 22.4. The Labute approximate surface area is 227 Å². The largest absolute Gasteiger partial charge is 0.384 e. The van der Waals surface area contributed by atoms with Gasteiger partial charge in [0.05, 0.1) is 18.2 Å². The highest BCUT2D eigenvalue weighted by molar-refractivity contribution is 7.86. The first kappa shape index (κ1) is 26.7. The first-order chi connectivity index (χ1) is 18.7. The quantitative estimate of drug-likeness (QED) is 0.287. The van der Waals surface area contributed by atoms with Gasteiger partial charge in [-0.3, -0.25) is 15.0 Å². The topological polar surface area (TPSA) is 154 Å². The molecule has 5 rings (SSSR count). The number of nitrogens with two attached hydrogens (primary N) is 1. The number of amidine groups is 1. The molecule has 2 unspecified atom stereocenters. The fourth-order valence-corrected chi connectivity index (χ4v) is 6.98. The molecule has 0 bridgehead atoms. The maximum absolute atomic E-state index is 13.4. The van der Waals surface area contributed by atoms with Crippen LogP contribution in [0.3, 0.4) is 0 Å². The van der Waals surface area contributed by atoms with Gasteiger partial charge >= 0.3 is 0 Å². The van der Waals surface area contributed by atoms with E-state index in [1.165, 1.54) is 13.3 Å². The first-order valence-corrected chi connectivity index (χ1v) is 14.2. The minimum absolute atomic E-state index is 0.0261. The molecular formula is C27H31N7O4S. The highest BCUT2D eigenvalue weighted by atomic mass is 32.2. The molecule has 0 amide bonds. The van der Waals surface area contributed by atoms with Crippen molar-refractivity contribution in [3.8, 4) is 0 Å². The maximum atomic E-state index is 13.4. The molecule has 2 saturated heterocycles. The van der Waals surface area contributed by atoms with Crippen LogP contribution in [0, 0.1) is 5.41 Å².